The van der Waals surface area contributed by atoms with Crippen molar-refractivity contribution in [3.8, 4) is 0 Å². The number of aliphatic hydroxyl groups excluding tert-OH is 4. The number of carbonyl (C=O) groups is 1. The van der Waals surface area contributed by atoms with Crippen LogP contribution in [0.25, 0.3) is 0 Å². The Morgan fingerprint density at radius 3 is 1.83 bits per heavy atom. The molecule has 3 atom stereocenters. The Hall–Kier alpha value is -0.570. The minimum atomic E-state index is -1.64. The molecule has 0 unspecified atom stereocenters. The Morgan fingerprint density at radius 1 is 1.17 bits per heavy atom. The zero-order valence-electron chi connectivity index (χ0n) is 6.07. The molecule has 0 fully saturated rings. The van der Waals surface area contributed by atoms with Gasteiger partial charge in [0.25, 0.3) is 0 Å². The van der Waals surface area contributed by atoms with Crippen LogP contribution in [-0.4, -0.2) is 56.9 Å². The monoisotopic (exact) mass is 183 g/mol. The lowest BCUT2D eigenvalue weighted by atomic mass is 10.1. The molecule has 73 valence electrons. The number of aldehydes is 1. The van der Waals surface area contributed by atoms with Crippen molar-refractivity contribution in [3.63, 3.8) is 0 Å². The summed E-state index contributed by atoms with van der Waals surface area (Å²) in [6.07, 6.45) is -4.63. The quantitative estimate of drug-likeness (QED) is 0.181. The fourth-order valence-corrected chi connectivity index (χ4v) is 0.416. The van der Waals surface area contributed by atoms with Crippen LogP contribution in [0.1, 0.15) is 0 Å². The molecule has 0 aliphatic rings. The maximum absolute atomic E-state index is 9.76. The summed E-state index contributed by atoms with van der Waals surface area (Å²) in [5.74, 6) is 0. The van der Waals surface area contributed by atoms with Gasteiger partial charge in [-0.3, -0.25) is 0 Å². The van der Waals surface area contributed by atoms with Gasteiger partial charge in [-0.2, -0.15) is 0 Å². The first-order valence-corrected chi connectivity index (χ1v) is 2.92. The summed E-state index contributed by atoms with van der Waals surface area (Å²) in [6, 6.07) is 0. The number of rotatable bonds is 4. The maximum Gasteiger partial charge on any atom is 0.151 e. The Kier molecular flexibility index (Phi) is 9.93. The highest BCUT2D eigenvalue weighted by atomic mass is 17.0. The molecule has 1 radical (unpaired) electrons. The third-order valence-corrected chi connectivity index (χ3v) is 1.07. The van der Waals surface area contributed by atoms with Crippen LogP contribution in [0.4, 0.5) is 0 Å². The molecule has 0 aromatic rings. The molecule has 0 saturated carbocycles. The van der Waals surface area contributed by atoms with E-state index in [1.807, 2.05) is 0 Å². The summed E-state index contributed by atoms with van der Waals surface area (Å²) in [5, 5.41) is 47.1. The minimum Gasteiger partial charge on any atom is -0.394 e. The predicted octanol–water partition coefficient (Wildman–Crippen LogP) is -2.85. The summed E-state index contributed by atoms with van der Waals surface area (Å²) in [6.45, 7) is -0.688. The largest absolute Gasteiger partial charge is 0.394 e. The third kappa shape index (κ3) is 5.13. The summed E-state index contributed by atoms with van der Waals surface area (Å²) < 4.78 is 0. The fourth-order valence-electron chi connectivity index (χ4n) is 0.416. The van der Waals surface area contributed by atoms with Gasteiger partial charge in [-0.25, -0.2) is 5.26 Å². The molecular formula is C5H11O7. The van der Waals surface area contributed by atoms with Gasteiger partial charge in [-0.05, 0) is 5.26 Å². The van der Waals surface area contributed by atoms with Crippen LogP contribution in [-0.2, 0) is 10.1 Å². The second kappa shape index (κ2) is 8.53. The third-order valence-electron chi connectivity index (χ3n) is 1.07. The van der Waals surface area contributed by atoms with Gasteiger partial charge >= 0.3 is 0 Å². The van der Waals surface area contributed by atoms with Gasteiger partial charge in [-0.15, -0.1) is 0 Å². The SMILES string of the molecule is O=C[C@H](O)[C@H](O)[C@H](O)CO.[O]O. The van der Waals surface area contributed by atoms with Crippen LogP contribution in [0.3, 0.4) is 0 Å². The lowest BCUT2D eigenvalue weighted by Crippen LogP contribution is -2.40. The summed E-state index contributed by atoms with van der Waals surface area (Å²) in [5.41, 5.74) is 0. The molecular weight excluding hydrogens is 172 g/mol. The Bertz CT molecular complexity index is 106. The van der Waals surface area contributed by atoms with Crippen LogP contribution in [0.5, 0.6) is 0 Å². The molecule has 0 aliphatic carbocycles. The van der Waals surface area contributed by atoms with Crippen LogP contribution < -0.4 is 0 Å². The molecule has 0 aromatic carbocycles. The van der Waals surface area contributed by atoms with Crippen molar-refractivity contribution in [2.24, 2.45) is 0 Å². The van der Waals surface area contributed by atoms with Crippen molar-refractivity contribution >= 4 is 6.29 Å². The molecule has 0 bridgehead atoms. The number of aliphatic hydroxyl groups is 4. The molecule has 12 heavy (non-hydrogen) atoms. The average Bonchev–Trinajstić information content (AvgIpc) is 2.17. The van der Waals surface area contributed by atoms with Gasteiger partial charge in [0.05, 0.1) is 6.61 Å². The van der Waals surface area contributed by atoms with Gasteiger partial charge < -0.3 is 25.2 Å². The smallest absolute Gasteiger partial charge is 0.151 e. The standard InChI is InChI=1S/C5H10O5.HO2/c6-1-3(8)5(10)4(9)2-7;1-2/h1,3-5,7-10H,2H2;1H/t3-,4+,5-;/m0./s1. The van der Waals surface area contributed by atoms with E-state index in [-0.39, 0.29) is 6.29 Å². The van der Waals surface area contributed by atoms with Gasteiger partial charge in [0.15, 0.2) is 6.29 Å². The second-order valence-electron chi connectivity index (χ2n) is 1.87. The van der Waals surface area contributed by atoms with Crippen LogP contribution >= 0.6 is 0 Å². The minimum absolute atomic E-state index is 0.0869. The second-order valence-corrected chi connectivity index (χ2v) is 1.87. The molecule has 7 nitrogen and oxygen atoms in total. The Labute approximate surface area is 68.1 Å². The van der Waals surface area contributed by atoms with Gasteiger partial charge in [0.1, 0.15) is 18.3 Å². The Balaban J connectivity index is 0. The molecule has 5 N–H and O–H groups in total. The molecule has 0 spiro atoms. The molecule has 0 aliphatic heterocycles. The average molecular weight is 183 g/mol. The molecule has 0 heterocycles. The molecule has 7 heteroatoms. The zero-order valence-corrected chi connectivity index (χ0v) is 6.07. The van der Waals surface area contributed by atoms with E-state index in [9.17, 15) is 4.79 Å². The van der Waals surface area contributed by atoms with E-state index in [2.05, 4.69) is 0 Å². The highest BCUT2D eigenvalue weighted by molar-refractivity contribution is 5.56. The van der Waals surface area contributed by atoms with Crippen molar-refractivity contribution in [3.05, 3.63) is 0 Å². The van der Waals surface area contributed by atoms with Crippen LogP contribution in [0.2, 0.25) is 0 Å². The number of hydrogen-bond donors (Lipinski definition) is 5. The van der Waals surface area contributed by atoms with Gasteiger partial charge in [-0.1, -0.05) is 0 Å². The van der Waals surface area contributed by atoms with E-state index in [1.165, 1.54) is 0 Å². The van der Waals surface area contributed by atoms with E-state index in [4.69, 9.17) is 30.9 Å². The van der Waals surface area contributed by atoms with Gasteiger partial charge in [0, 0.05) is 0 Å². The summed E-state index contributed by atoms with van der Waals surface area (Å²) in [7, 11) is 0. The van der Waals surface area contributed by atoms with E-state index >= 15 is 0 Å². The molecule has 0 amide bonds. The molecule has 0 saturated heterocycles. The summed E-state index contributed by atoms with van der Waals surface area (Å²) in [4.78, 5) is 9.76. The predicted molar refractivity (Wildman–Crippen MR) is 34.5 cm³/mol. The number of carbonyl (C=O) groups excluding carboxylic acids is 1. The lowest BCUT2D eigenvalue weighted by molar-refractivity contribution is -0.247. The van der Waals surface area contributed by atoms with Crippen molar-refractivity contribution in [1.29, 1.82) is 0 Å². The van der Waals surface area contributed by atoms with Crippen molar-refractivity contribution < 1.29 is 35.7 Å². The normalized spacial score (nSPS) is 16.8. The van der Waals surface area contributed by atoms with E-state index in [1.54, 1.807) is 0 Å². The Morgan fingerprint density at radius 2 is 1.58 bits per heavy atom. The van der Waals surface area contributed by atoms with Gasteiger partial charge in [0.2, 0.25) is 0 Å². The number of hydrogen-bond acceptors (Lipinski definition) is 6. The van der Waals surface area contributed by atoms with Crippen molar-refractivity contribution in [1.82, 2.24) is 0 Å². The first-order chi connectivity index (χ1) is 5.63. The van der Waals surface area contributed by atoms with Crippen molar-refractivity contribution in [2.75, 3.05) is 6.61 Å². The zero-order chi connectivity index (χ0) is 10.1. The topological polar surface area (TPSA) is 138 Å². The lowest BCUT2D eigenvalue weighted by Gasteiger charge is -2.16. The highest BCUT2D eigenvalue weighted by Crippen LogP contribution is 1.96. The maximum atomic E-state index is 9.76. The molecule has 0 rings (SSSR count). The first-order valence-electron chi connectivity index (χ1n) is 2.92. The van der Waals surface area contributed by atoms with Crippen LogP contribution in [0.15, 0.2) is 0 Å². The van der Waals surface area contributed by atoms with E-state index < -0.39 is 24.9 Å². The molecule has 0 aromatic heterocycles. The van der Waals surface area contributed by atoms with Crippen LogP contribution in [0, 0.1) is 0 Å². The highest BCUT2D eigenvalue weighted by Gasteiger charge is 2.22. The summed E-state index contributed by atoms with van der Waals surface area (Å²) >= 11 is 0. The van der Waals surface area contributed by atoms with E-state index in [0.717, 1.165) is 0 Å². The fraction of sp³-hybridized carbons (Fsp3) is 0.800. The first kappa shape index (κ1) is 14.0. The van der Waals surface area contributed by atoms with E-state index in [0.29, 0.717) is 0 Å². The van der Waals surface area contributed by atoms with Crippen molar-refractivity contribution in [2.45, 2.75) is 18.3 Å².